The summed E-state index contributed by atoms with van der Waals surface area (Å²) in [6.45, 7) is 6.20. The Bertz CT molecular complexity index is 443. The summed E-state index contributed by atoms with van der Waals surface area (Å²) in [5, 5.41) is 3.19. The quantitative estimate of drug-likeness (QED) is 0.501. The summed E-state index contributed by atoms with van der Waals surface area (Å²) in [7, 11) is 0. The second-order valence-corrected chi connectivity index (χ2v) is 6.73. The molecule has 2 aliphatic rings. The zero-order valence-electron chi connectivity index (χ0n) is 13.0. The van der Waals surface area contributed by atoms with Crippen molar-refractivity contribution in [3.8, 4) is 0 Å². The summed E-state index contributed by atoms with van der Waals surface area (Å²) in [5.74, 6) is -0.455. The van der Waals surface area contributed by atoms with Gasteiger partial charge in [0.1, 0.15) is 0 Å². The molecular weight excluding hydrogens is 270 g/mol. The number of carbonyl (C=O) groups is 3. The number of carbonyl (C=O) groups excluding carboxylic acids is 3. The van der Waals surface area contributed by atoms with Gasteiger partial charge in [0.2, 0.25) is 17.7 Å². The highest BCUT2D eigenvalue weighted by molar-refractivity contribution is 6.08. The maximum atomic E-state index is 11.8. The maximum absolute atomic E-state index is 11.8. The lowest BCUT2D eigenvalue weighted by molar-refractivity contribution is -0.141. The van der Waals surface area contributed by atoms with Gasteiger partial charge in [0.15, 0.2) is 0 Å². The summed E-state index contributed by atoms with van der Waals surface area (Å²) in [5.41, 5.74) is 4.73. The topological polar surface area (TPSA) is 92.5 Å². The second-order valence-electron chi connectivity index (χ2n) is 6.73. The van der Waals surface area contributed by atoms with Crippen LogP contribution in [0, 0.1) is 11.8 Å². The smallest absolute Gasteiger partial charge is 0.237 e. The van der Waals surface area contributed by atoms with Gasteiger partial charge in [-0.15, -0.1) is 0 Å². The lowest BCUT2D eigenvalue weighted by Gasteiger charge is -2.30. The van der Waals surface area contributed by atoms with Gasteiger partial charge in [0.25, 0.3) is 0 Å². The molecule has 0 aromatic heterocycles. The molecule has 0 radical (unpaired) electrons. The van der Waals surface area contributed by atoms with Gasteiger partial charge in [-0.3, -0.25) is 19.3 Å². The zero-order chi connectivity index (χ0) is 15.8. The van der Waals surface area contributed by atoms with Crippen molar-refractivity contribution >= 4 is 17.7 Å². The number of nitrogens with zero attached hydrogens (tertiary/aromatic N) is 1. The first-order valence-corrected chi connectivity index (χ1v) is 7.69. The Morgan fingerprint density at radius 3 is 2.38 bits per heavy atom. The summed E-state index contributed by atoms with van der Waals surface area (Å²) < 4.78 is 0. The van der Waals surface area contributed by atoms with Crippen LogP contribution < -0.4 is 11.1 Å². The van der Waals surface area contributed by atoms with E-state index in [2.05, 4.69) is 5.32 Å². The van der Waals surface area contributed by atoms with Crippen LogP contribution in [0.5, 0.6) is 0 Å². The van der Waals surface area contributed by atoms with Crippen LogP contribution in [0.3, 0.4) is 0 Å². The van der Waals surface area contributed by atoms with E-state index in [9.17, 15) is 14.4 Å². The third-order valence-corrected chi connectivity index (χ3v) is 4.42. The summed E-state index contributed by atoms with van der Waals surface area (Å²) in [6.07, 6.45) is 2.79. The fourth-order valence-electron chi connectivity index (χ4n) is 3.12. The van der Waals surface area contributed by atoms with Crippen molar-refractivity contribution in [1.29, 1.82) is 0 Å². The van der Waals surface area contributed by atoms with E-state index < -0.39 is 5.54 Å². The van der Waals surface area contributed by atoms with Crippen molar-refractivity contribution in [2.75, 3.05) is 6.54 Å². The number of likely N-dealkylation sites (tertiary alicyclic amines) is 1. The number of nitrogens with one attached hydrogen (secondary N) is 1. The number of hydrogen-bond acceptors (Lipinski definition) is 4. The number of primary amides is 1. The van der Waals surface area contributed by atoms with Crippen LogP contribution in [0.25, 0.3) is 0 Å². The predicted molar refractivity (Wildman–Crippen MR) is 78.0 cm³/mol. The van der Waals surface area contributed by atoms with Crippen molar-refractivity contribution < 1.29 is 14.4 Å². The molecule has 3 amide bonds. The van der Waals surface area contributed by atoms with Gasteiger partial charge in [-0.1, -0.05) is 0 Å². The van der Waals surface area contributed by atoms with Crippen LogP contribution in [0.1, 0.15) is 46.5 Å². The average Bonchev–Trinajstić information content (AvgIpc) is 3.12. The highest BCUT2D eigenvalue weighted by Crippen LogP contribution is 2.46. The molecule has 21 heavy (non-hydrogen) atoms. The van der Waals surface area contributed by atoms with E-state index in [1.54, 1.807) is 6.92 Å². The number of imide groups is 1. The fraction of sp³-hybridized carbons (Fsp3) is 0.800. The Labute approximate surface area is 125 Å². The molecule has 1 aliphatic heterocycles. The normalized spacial score (nSPS) is 27.0. The predicted octanol–water partition coefficient (Wildman–Crippen LogP) is 0.404. The molecule has 3 N–H and O–H groups in total. The van der Waals surface area contributed by atoms with Crippen LogP contribution in [0.15, 0.2) is 0 Å². The molecule has 3 unspecified atom stereocenters. The largest absolute Gasteiger partial charge is 0.368 e. The lowest BCUT2D eigenvalue weighted by atomic mass is 9.93. The van der Waals surface area contributed by atoms with Crippen molar-refractivity contribution in [3.63, 3.8) is 0 Å². The number of fused-ring (bicyclic) bond motifs is 1. The van der Waals surface area contributed by atoms with E-state index in [4.69, 9.17) is 5.73 Å². The molecule has 0 aromatic carbocycles. The van der Waals surface area contributed by atoms with Crippen molar-refractivity contribution in [1.82, 2.24) is 10.2 Å². The van der Waals surface area contributed by atoms with E-state index in [1.165, 1.54) is 4.90 Å². The zero-order valence-corrected chi connectivity index (χ0v) is 13.0. The van der Waals surface area contributed by atoms with Gasteiger partial charge < -0.3 is 11.1 Å². The average molecular weight is 295 g/mol. The molecule has 0 aromatic rings. The van der Waals surface area contributed by atoms with E-state index in [0.29, 0.717) is 19.4 Å². The molecule has 1 saturated heterocycles. The molecule has 6 heteroatoms. The van der Waals surface area contributed by atoms with Crippen LogP contribution >= 0.6 is 0 Å². The van der Waals surface area contributed by atoms with Crippen LogP contribution in [-0.2, 0) is 14.4 Å². The third-order valence-electron chi connectivity index (χ3n) is 4.42. The highest BCUT2D eigenvalue weighted by atomic mass is 16.2. The second kappa shape index (κ2) is 5.75. The number of rotatable bonds is 8. The van der Waals surface area contributed by atoms with E-state index in [1.807, 2.05) is 13.8 Å². The molecule has 118 valence electrons. The maximum Gasteiger partial charge on any atom is 0.237 e. The van der Waals surface area contributed by atoms with E-state index in [-0.39, 0.29) is 35.6 Å². The number of nitrogens with two attached hydrogens (primary N) is 1. The number of unbranched alkanes of at least 4 members (excludes halogenated alkanes) is 1. The van der Waals surface area contributed by atoms with E-state index in [0.717, 1.165) is 12.8 Å². The lowest BCUT2D eigenvalue weighted by Crippen LogP contribution is -2.55. The number of hydrogen-bond donors (Lipinski definition) is 2. The fourth-order valence-corrected chi connectivity index (χ4v) is 3.12. The Balaban J connectivity index is 1.77. The molecule has 1 saturated carbocycles. The first kappa shape index (κ1) is 15.9. The minimum atomic E-state index is -0.741. The number of amides is 3. The molecule has 0 spiro atoms. The molecule has 2 fully saturated rings. The standard InChI is InChI=1S/C15H25N3O3/c1-9(2)17-15(3,14(16)21)6-4-5-7-18-12(19)10-8-11(10)13(18)20/h9-11,17H,4-8H2,1-3H3,(H2,16,21). The first-order valence-electron chi connectivity index (χ1n) is 7.69. The monoisotopic (exact) mass is 295 g/mol. The van der Waals surface area contributed by atoms with Gasteiger partial charge >= 0.3 is 0 Å². The molecule has 1 heterocycles. The SMILES string of the molecule is CC(C)NC(C)(CCCCN1C(=O)C2CC2C1=O)C(N)=O. The number of piperidine rings is 1. The molecule has 2 rings (SSSR count). The van der Waals surface area contributed by atoms with E-state index >= 15 is 0 Å². The Morgan fingerprint density at radius 1 is 1.33 bits per heavy atom. The summed E-state index contributed by atoms with van der Waals surface area (Å²) >= 11 is 0. The first-order chi connectivity index (χ1) is 9.76. The van der Waals surface area contributed by atoms with Gasteiger partial charge in [0, 0.05) is 12.6 Å². The van der Waals surface area contributed by atoms with Gasteiger partial charge in [-0.2, -0.15) is 0 Å². The third kappa shape index (κ3) is 3.26. The summed E-state index contributed by atoms with van der Waals surface area (Å²) in [4.78, 5) is 36.6. The van der Waals surface area contributed by atoms with Crippen LogP contribution in [0.2, 0.25) is 0 Å². The van der Waals surface area contributed by atoms with Gasteiger partial charge in [-0.05, 0) is 46.5 Å². The Kier molecular flexibility index (Phi) is 4.37. The Hall–Kier alpha value is -1.43. The molecule has 0 bridgehead atoms. The van der Waals surface area contributed by atoms with Gasteiger partial charge in [-0.25, -0.2) is 0 Å². The Morgan fingerprint density at radius 2 is 1.90 bits per heavy atom. The molecular formula is C15H25N3O3. The van der Waals surface area contributed by atoms with Crippen molar-refractivity contribution in [2.45, 2.75) is 58.0 Å². The minimum absolute atomic E-state index is 0.0111. The highest BCUT2D eigenvalue weighted by Gasteiger charge is 2.58. The van der Waals surface area contributed by atoms with Crippen LogP contribution in [-0.4, -0.2) is 40.7 Å². The molecule has 3 atom stereocenters. The minimum Gasteiger partial charge on any atom is -0.368 e. The molecule has 1 aliphatic carbocycles. The van der Waals surface area contributed by atoms with Crippen LogP contribution in [0.4, 0.5) is 0 Å². The van der Waals surface area contributed by atoms with Crippen molar-refractivity contribution in [2.24, 2.45) is 17.6 Å². The van der Waals surface area contributed by atoms with Gasteiger partial charge in [0.05, 0.1) is 17.4 Å². The van der Waals surface area contributed by atoms with Crippen molar-refractivity contribution in [3.05, 3.63) is 0 Å². The molecule has 6 nitrogen and oxygen atoms in total. The summed E-state index contributed by atoms with van der Waals surface area (Å²) in [6, 6.07) is 0.163.